The third kappa shape index (κ3) is 3.78. The van der Waals surface area contributed by atoms with E-state index < -0.39 is 0 Å². The summed E-state index contributed by atoms with van der Waals surface area (Å²) in [5.41, 5.74) is 0.509. The van der Waals surface area contributed by atoms with Gasteiger partial charge in [0.15, 0.2) is 0 Å². The minimum Gasteiger partial charge on any atom is -0.377 e. The minimum absolute atomic E-state index is 0.418. The van der Waals surface area contributed by atoms with Crippen LogP contribution in [0.5, 0.6) is 0 Å². The molecule has 1 aliphatic rings. The van der Waals surface area contributed by atoms with Gasteiger partial charge in [0.1, 0.15) is 0 Å². The summed E-state index contributed by atoms with van der Waals surface area (Å²) in [6.45, 7) is 5.25. The van der Waals surface area contributed by atoms with Crippen LogP contribution in [0, 0.1) is 16.7 Å². The molecule has 0 atom stereocenters. The Morgan fingerprint density at radius 3 is 2.54 bits per heavy atom. The molecule has 1 fully saturated rings. The van der Waals surface area contributed by atoms with E-state index in [-0.39, 0.29) is 0 Å². The predicted molar refractivity (Wildman–Crippen MR) is 52.2 cm³/mol. The molecule has 0 unspecified atom stereocenters. The van der Waals surface area contributed by atoms with E-state index in [1.54, 1.807) is 0 Å². The van der Waals surface area contributed by atoms with E-state index in [9.17, 15) is 0 Å². The lowest BCUT2D eigenvalue weighted by Gasteiger charge is -2.34. The van der Waals surface area contributed by atoms with Crippen LogP contribution in [-0.4, -0.2) is 12.7 Å². The first kappa shape index (κ1) is 10.5. The molecule has 13 heavy (non-hydrogen) atoms. The van der Waals surface area contributed by atoms with E-state index in [0.717, 1.165) is 0 Å². The zero-order valence-corrected chi connectivity index (χ0v) is 8.68. The fourth-order valence-corrected chi connectivity index (χ4v) is 1.81. The summed E-state index contributed by atoms with van der Waals surface area (Å²) in [4.78, 5) is 0. The molecule has 0 radical (unpaired) electrons. The van der Waals surface area contributed by atoms with Crippen molar-refractivity contribution in [1.82, 2.24) is 0 Å². The SMILES string of the molecule is CC1(C)CCC(OCCC#N)CC1. The molecule has 0 heterocycles. The molecular weight excluding hydrogens is 162 g/mol. The van der Waals surface area contributed by atoms with Gasteiger partial charge in [-0.2, -0.15) is 5.26 Å². The lowest BCUT2D eigenvalue weighted by molar-refractivity contribution is 0.00708. The van der Waals surface area contributed by atoms with Crippen LogP contribution in [0.15, 0.2) is 0 Å². The van der Waals surface area contributed by atoms with E-state index in [0.29, 0.717) is 24.5 Å². The first-order chi connectivity index (χ1) is 6.14. The standard InChI is InChI=1S/C11H19NO/c1-11(2)6-4-10(5-7-11)13-9-3-8-12/h10H,3-7,9H2,1-2H3. The fourth-order valence-electron chi connectivity index (χ4n) is 1.81. The van der Waals surface area contributed by atoms with Gasteiger partial charge in [-0.05, 0) is 31.1 Å². The minimum atomic E-state index is 0.418. The van der Waals surface area contributed by atoms with Crippen molar-refractivity contribution >= 4 is 0 Å². The second kappa shape index (κ2) is 4.62. The van der Waals surface area contributed by atoms with Crippen LogP contribution < -0.4 is 0 Å². The van der Waals surface area contributed by atoms with Crippen LogP contribution in [0.2, 0.25) is 0 Å². The second-order valence-electron chi connectivity index (χ2n) is 4.64. The molecule has 0 aromatic carbocycles. The predicted octanol–water partition coefficient (Wildman–Crippen LogP) is 2.89. The van der Waals surface area contributed by atoms with E-state index in [4.69, 9.17) is 10.00 Å². The lowest BCUT2D eigenvalue weighted by Crippen LogP contribution is -2.26. The van der Waals surface area contributed by atoms with Crippen molar-refractivity contribution in [2.45, 2.75) is 52.1 Å². The van der Waals surface area contributed by atoms with Crippen LogP contribution in [0.4, 0.5) is 0 Å². The third-order valence-electron chi connectivity index (χ3n) is 2.85. The maximum Gasteiger partial charge on any atom is 0.0645 e. The summed E-state index contributed by atoms with van der Waals surface area (Å²) >= 11 is 0. The zero-order valence-electron chi connectivity index (χ0n) is 8.68. The van der Waals surface area contributed by atoms with E-state index in [1.165, 1.54) is 25.7 Å². The van der Waals surface area contributed by atoms with E-state index in [2.05, 4.69) is 19.9 Å². The normalized spacial score (nSPS) is 22.5. The van der Waals surface area contributed by atoms with E-state index >= 15 is 0 Å². The molecule has 0 saturated heterocycles. The molecule has 0 aromatic rings. The molecule has 1 rings (SSSR count). The second-order valence-corrected chi connectivity index (χ2v) is 4.64. The first-order valence-electron chi connectivity index (χ1n) is 5.13. The quantitative estimate of drug-likeness (QED) is 0.627. The van der Waals surface area contributed by atoms with Gasteiger partial charge in [-0.25, -0.2) is 0 Å². The van der Waals surface area contributed by atoms with E-state index in [1.807, 2.05) is 0 Å². The maximum absolute atomic E-state index is 8.35. The van der Waals surface area contributed by atoms with Crippen LogP contribution in [0.3, 0.4) is 0 Å². The number of ether oxygens (including phenoxy) is 1. The summed E-state index contributed by atoms with van der Waals surface area (Å²) in [5, 5.41) is 8.35. The van der Waals surface area contributed by atoms with Gasteiger partial charge in [-0.3, -0.25) is 0 Å². The smallest absolute Gasteiger partial charge is 0.0645 e. The van der Waals surface area contributed by atoms with Crippen molar-refractivity contribution in [3.63, 3.8) is 0 Å². The van der Waals surface area contributed by atoms with Gasteiger partial charge in [0.2, 0.25) is 0 Å². The third-order valence-corrected chi connectivity index (χ3v) is 2.85. The van der Waals surface area contributed by atoms with Crippen molar-refractivity contribution in [1.29, 1.82) is 5.26 Å². The Morgan fingerprint density at radius 2 is 2.00 bits per heavy atom. The number of hydrogen-bond acceptors (Lipinski definition) is 2. The highest BCUT2D eigenvalue weighted by Crippen LogP contribution is 2.36. The molecule has 1 aliphatic carbocycles. The number of rotatable bonds is 3. The Kier molecular flexibility index (Phi) is 3.74. The largest absolute Gasteiger partial charge is 0.377 e. The molecule has 0 aromatic heterocycles. The molecule has 0 N–H and O–H groups in total. The Hall–Kier alpha value is -0.550. The van der Waals surface area contributed by atoms with Crippen LogP contribution in [-0.2, 0) is 4.74 Å². The van der Waals surface area contributed by atoms with Crippen LogP contribution >= 0.6 is 0 Å². The molecule has 74 valence electrons. The van der Waals surface area contributed by atoms with Gasteiger partial charge in [0.25, 0.3) is 0 Å². The Morgan fingerprint density at radius 1 is 1.38 bits per heavy atom. The van der Waals surface area contributed by atoms with Crippen molar-refractivity contribution < 1.29 is 4.74 Å². The summed E-state index contributed by atoms with van der Waals surface area (Å²) in [6.07, 6.45) is 5.78. The molecular formula is C11H19NO. The van der Waals surface area contributed by atoms with Crippen molar-refractivity contribution in [2.24, 2.45) is 5.41 Å². The van der Waals surface area contributed by atoms with Crippen LogP contribution in [0.25, 0.3) is 0 Å². The average Bonchev–Trinajstić information content (AvgIpc) is 2.08. The summed E-state index contributed by atoms with van der Waals surface area (Å²) in [7, 11) is 0. The Balaban J connectivity index is 2.15. The topological polar surface area (TPSA) is 33.0 Å². The highest BCUT2D eigenvalue weighted by molar-refractivity contribution is 4.79. The average molecular weight is 181 g/mol. The lowest BCUT2D eigenvalue weighted by atomic mass is 9.76. The van der Waals surface area contributed by atoms with Gasteiger partial charge in [-0.1, -0.05) is 13.8 Å². The highest BCUT2D eigenvalue weighted by Gasteiger charge is 2.26. The Labute approximate surface area is 80.9 Å². The molecule has 1 saturated carbocycles. The molecule has 0 amide bonds. The number of nitrogens with zero attached hydrogens (tertiary/aromatic N) is 1. The first-order valence-corrected chi connectivity index (χ1v) is 5.13. The zero-order chi connectivity index (χ0) is 9.73. The van der Waals surface area contributed by atoms with Gasteiger partial charge in [0, 0.05) is 0 Å². The van der Waals surface area contributed by atoms with Crippen molar-refractivity contribution in [2.75, 3.05) is 6.61 Å². The molecule has 2 heteroatoms. The van der Waals surface area contributed by atoms with Crippen molar-refractivity contribution in [3.05, 3.63) is 0 Å². The van der Waals surface area contributed by atoms with Gasteiger partial charge in [0.05, 0.1) is 25.2 Å². The molecule has 0 bridgehead atoms. The van der Waals surface area contributed by atoms with Gasteiger partial charge < -0.3 is 4.74 Å². The Bertz CT molecular complexity index is 183. The molecule has 0 aliphatic heterocycles. The monoisotopic (exact) mass is 181 g/mol. The summed E-state index contributed by atoms with van der Waals surface area (Å²) < 4.78 is 5.59. The maximum atomic E-state index is 8.35. The fraction of sp³-hybridized carbons (Fsp3) is 0.909. The molecule has 2 nitrogen and oxygen atoms in total. The highest BCUT2D eigenvalue weighted by atomic mass is 16.5. The van der Waals surface area contributed by atoms with Crippen LogP contribution in [0.1, 0.15) is 46.0 Å². The van der Waals surface area contributed by atoms with Crippen molar-refractivity contribution in [3.8, 4) is 6.07 Å². The van der Waals surface area contributed by atoms with Gasteiger partial charge >= 0.3 is 0 Å². The summed E-state index contributed by atoms with van der Waals surface area (Å²) in [6, 6.07) is 2.10. The molecule has 0 spiro atoms. The number of nitriles is 1. The number of hydrogen-bond donors (Lipinski definition) is 0. The van der Waals surface area contributed by atoms with Gasteiger partial charge in [-0.15, -0.1) is 0 Å². The summed E-state index contributed by atoms with van der Waals surface area (Å²) in [5.74, 6) is 0.